The molecule has 1 aromatic rings. The Labute approximate surface area is 112 Å². The maximum Gasteiger partial charge on any atom is 0.246 e. The second kappa shape index (κ2) is 5.53. The molecule has 1 aromatic carbocycles. The number of piperidine rings is 1. The van der Waals surface area contributed by atoms with Crippen LogP contribution in [0.1, 0.15) is 25.3 Å². The summed E-state index contributed by atoms with van der Waals surface area (Å²) in [7, 11) is 0. The second-order valence-corrected chi connectivity index (χ2v) is 5.22. The van der Waals surface area contributed by atoms with E-state index in [1.54, 1.807) is 30.0 Å². The predicted octanol–water partition coefficient (Wildman–Crippen LogP) is 2.21. The van der Waals surface area contributed by atoms with Gasteiger partial charge in [-0.25, -0.2) is 4.39 Å². The lowest BCUT2D eigenvalue weighted by atomic mass is 9.95. The first-order valence-electron chi connectivity index (χ1n) is 6.42. The Kier molecular flexibility index (Phi) is 4.00. The lowest BCUT2D eigenvalue weighted by Gasteiger charge is -2.36. The molecule has 1 saturated heterocycles. The van der Waals surface area contributed by atoms with Crippen molar-refractivity contribution in [2.75, 3.05) is 13.1 Å². The molecule has 1 amide bonds. The summed E-state index contributed by atoms with van der Waals surface area (Å²) < 4.78 is 13.4. The number of hydrogen-bond acceptors (Lipinski definition) is 2. The molecule has 0 spiro atoms. The highest BCUT2D eigenvalue weighted by atomic mass is 19.1. The van der Waals surface area contributed by atoms with Crippen LogP contribution in [0.4, 0.5) is 4.39 Å². The number of hydrogen-bond donors (Lipinski definition) is 1. The van der Waals surface area contributed by atoms with Crippen LogP contribution in [-0.2, 0) is 4.79 Å². The maximum absolute atomic E-state index is 13.4. The van der Waals surface area contributed by atoms with Crippen molar-refractivity contribution in [3.8, 4) is 0 Å². The fourth-order valence-electron chi connectivity index (χ4n) is 2.28. The third kappa shape index (κ3) is 3.64. The molecule has 1 aliphatic rings. The largest absolute Gasteiger partial charge is 0.388 e. The van der Waals surface area contributed by atoms with Crippen LogP contribution in [0.5, 0.6) is 0 Å². The zero-order valence-electron chi connectivity index (χ0n) is 11.0. The van der Waals surface area contributed by atoms with Gasteiger partial charge in [-0.15, -0.1) is 0 Å². The minimum atomic E-state index is -0.820. The topological polar surface area (TPSA) is 40.5 Å². The molecule has 0 aliphatic carbocycles. The van der Waals surface area contributed by atoms with E-state index < -0.39 is 5.60 Å². The first kappa shape index (κ1) is 13.7. The van der Waals surface area contributed by atoms with Gasteiger partial charge in [0.2, 0.25) is 5.91 Å². The van der Waals surface area contributed by atoms with Crippen LogP contribution in [0.2, 0.25) is 0 Å². The molecule has 0 radical (unpaired) electrons. The van der Waals surface area contributed by atoms with Crippen molar-refractivity contribution in [3.63, 3.8) is 0 Å². The first-order chi connectivity index (χ1) is 8.98. The maximum atomic E-state index is 13.4. The van der Waals surface area contributed by atoms with E-state index in [9.17, 15) is 14.3 Å². The van der Waals surface area contributed by atoms with Crippen LogP contribution in [0.3, 0.4) is 0 Å². The van der Waals surface area contributed by atoms with Crippen molar-refractivity contribution in [1.82, 2.24) is 4.90 Å². The summed E-state index contributed by atoms with van der Waals surface area (Å²) in [6.07, 6.45) is 4.32. The Morgan fingerprint density at radius 3 is 2.89 bits per heavy atom. The van der Waals surface area contributed by atoms with E-state index in [1.165, 1.54) is 18.2 Å². The lowest BCUT2D eigenvalue weighted by molar-refractivity contribution is -0.132. The molecule has 0 aromatic heterocycles. The minimum Gasteiger partial charge on any atom is -0.388 e. The Morgan fingerprint density at radius 1 is 1.47 bits per heavy atom. The summed E-state index contributed by atoms with van der Waals surface area (Å²) in [5, 5.41) is 9.95. The first-order valence-corrected chi connectivity index (χ1v) is 6.42. The summed E-state index contributed by atoms with van der Waals surface area (Å²) in [6, 6.07) is 6.30. The van der Waals surface area contributed by atoms with Crippen LogP contribution in [0.25, 0.3) is 6.08 Å². The van der Waals surface area contributed by atoms with Gasteiger partial charge in [0.05, 0.1) is 5.60 Å². The zero-order valence-corrected chi connectivity index (χ0v) is 11.0. The van der Waals surface area contributed by atoms with Crippen molar-refractivity contribution in [2.24, 2.45) is 0 Å². The van der Waals surface area contributed by atoms with Gasteiger partial charge in [0.25, 0.3) is 0 Å². The molecule has 3 nitrogen and oxygen atoms in total. The Balaban J connectivity index is 2.03. The Morgan fingerprint density at radius 2 is 2.21 bits per heavy atom. The number of β-amino-alcohol motifs (C(OH)–C–C–N with tert-alkyl or cyclic N) is 1. The Bertz CT molecular complexity index is 497. The van der Waals surface area contributed by atoms with Crippen molar-refractivity contribution >= 4 is 12.0 Å². The molecule has 4 heteroatoms. The molecule has 0 saturated carbocycles. The third-order valence-electron chi connectivity index (χ3n) is 3.30. The van der Waals surface area contributed by atoms with E-state index in [0.717, 1.165) is 6.42 Å². The number of nitrogens with zero attached hydrogens (tertiary/aromatic N) is 1. The average molecular weight is 263 g/mol. The third-order valence-corrected chi connectivity index (χ3v) is 3.30. The molecule has 1 N–H and O–H groups in total. The van der Waals surface area contributed by atoms with Gasteiger partial charge in [-0.3, -0.25) is 4.79 Å². The van der Waals surface area contributed by atoms with Gasteiger partial charge in [-0.2, -0.15) is 0 Å². The number of aliphatic hydroxyl groups is 1. The molecule has 1 atom stereocenters. The van der Waals surface area contributed by atoms with E-state index >= 15 is 0 Å². The standard InChI is InChI=1S/C15H18FNO2/c1-15(19)9-4-10-17(11-15)14(18)8-7-12-5-2-3-6-13(12)16/h2-3,5-8,19H,4,9-11H2,1H3/b8-7+. The van der Waals surface area contributed by atoms with Crippen LogP contribution in [0, 0.1) is 5.82 Å². The Hall–Kier alpha value is -1.68. The number of benzene rings is 1. The van der Waals surface area contributed by atoms with E-state index in [1.807, 2.05) is 0 Å². The predicted molar refractivity (Wildman–Crippen MR) is 71.9 cm³/mol. The molecule has 0 bridgehead atoms. The monoisotopic (exact) mass is 263 g/mol. The minimum absolute atomic E-state index is 0.191. The van der Waals surface area contributed by atoms with Gasteiger partial charge in [-0.05, 0) is 31.9 Å². The van der Waals surface area contributed by atoms with Crippen LogP contribution in [-0.4, -0.2) is 34.6 Å². The van der Waals surface area contributed by atoms with Crippen LogP contribution in [0.15, 0.2) is 30.3 Å². The summed E-state index contributed by atoms with van der Waals surface area (Å²) in [6.45, 7) is 2.69. The smallest absolute Gasteiger partial charge is 0.246 e. The highest BCUT2D eigenvalue weighted by Gasteiger charge is 2.29. The van der Waals surface area contributed by atoms with Gasteiger partial charge in [-0.1, -0.05) is 18.2 Å². The summed E-state index contributed by atoms with van der Waals surface area (Å²) in [5.41, 5.74) is -0.431. The van der Waals surface area contributed by atoms with Gasteiger partial charge < -0.3 is 10.0 Å². The van der Waals surface area contributed by atoms with E-state index in [-0.39, 0.29) is 11.7 Å². The number of likely N-dealkylation sites (tertiary alicyclic amines) is 1. The molecule has 1 heterocycles. The number of carbonyl (C=O) groups is 1. The molecule has 19 heavy (non-hydrogen) atoms. The molecule has 102 valence electrons. The molecule has 1 unspecified atom stereocenters. The highest BCUT2D eigenvalue weighted by Crippen LogP contribution is 2.20. The molecule has 1 aliphatic heterocycles. The zero-order chi connectivity index (χ0) is 13.9. The quantitative estimate of drug-likeness (QED) is 0.831. The van der Waals surface area contributed by atoms with Gasteiger partial charge in [0.15, 0.2) is 0 Å². The lowest BCUT2D eigenvalue weighted by Crippen LogP contribution is -2.48. The molecular formula is C15H18FNO2. The summed E-state index contributed by atoms with van der Waals surface area (Å²) in [5.74, 6) is -0.541. The summed E-state index contributed by atoms with van der Waals surface area (Å²) >= 11 is 0. The van der Waals surface area contributed by atoms with Gasteiger partial charge in [0.1, 0.15) is 5.82 Å². The van der Waals surface area contributed by atoms with E-state index in [0.29, 0.717) is 25.1 Å². The van der Waals surface area contributed by atoms with Crippen LogP contribution < -0.4 is 0 Å². The van der Waals surface area contributed by atoms with Crippen molar-refractivity contribution in [1.29, 1.82) is 0 Å². The fourth-order valence-corrected chi connectivity index (χ4v) is 2.28. The number of amides is 1. The van der Waals surface area contributed by atoms with Crippen molar-refractivity contribution in [2.45, 2.75) is 25.4 Å². The van der Waals surface area contributed by atoms with E-state index in [2.05, 4.69) is 0 Å². The SMILES string of the molecule is CC1(O)CCCN(C(=O)/C=C/c2ccccc2F)C1. The van der Waals surface area contributed by atoms with Crippen LogP contribution >= 0.6 is 0 Å². The van der Waals surface area contributed by atoms with E-state index in [4.69, 9.17) is 0 Å². The van der Waals surface area contributed by atoms with Crippen molar-refractivity contribution in [3.05, 3.63) is 41.7 Å². The number of rotatable bonds is 2. The second-order valence-electron chi connectivity index (χ2n) is 5.22. The average Bonchev–Trinajstić information content (AvgIpc) is 2.36. The highest BCUT2D eigenvalue weighted by molar-refractivity contribution is 5.91. The number of halogens is 1. The number of carbonyl (C=O) groups excluding carboxylic acids is 1. The van der Waals surface area contributed by atoms with Gasteiger partial charge >= 0.3 is 0 Å². The molecular weight excluding hydrogens is 245 g/mol. The fraction of sp³-hybridized carbons (Fsp3) is 0.400. The normalized spacial score (nSPS) is 23.8. The summed E-state index contributed by atoms with van der Waals surface area (Å²) in [4.78, 5) is 13.6. The molecule has 1 fully saturated rings. The van der Waals surface area contributed by atoms with Gasteiger partial charge in [0, 0.05) is 24.7 Å². The van der Waals surface area contributed by atoms with Crippen molar-refractivity contribution < 1.29 is 14.3 Å². The molecule has 2 rings (SSSR count).